The van der Waals surface area contributed by atoms with E-state index in [-0.39, 0.29) is 11.7 Å². The van der Waals surface area contributed by atoms with E-state index >= 15 is 0 Å². The van der Waals surface area contributed by atoms with Crippen LogP contribution in [0.25, 0.3) is 22.2 Å². The number of nitrogens with zero attached hydrogens (tertiary/aromatic N) is 3. The Morgan fingerprint density at radius 3 is 2.56 bits per heavy atom. The Balaban J connectivity index is 1.49. The summed E-state index contributed by atoms with van der Waals surface area (Å²) in [4.78, 5) is 19.8. The zero-order valence-electron chi connectivity index (χ0n) is 14.9. The van der Waals surface area contributed by atoms with E-state index in [9.17, 15) is 9.90 Å². The number of piperidine rings is 1. The molecule has 7 heteroatoms. The smallest absolute Gasteiger partial charge is 0.273 e. The average Bonchev–Trinajstić information content (AvgIpc) is 3.15. The summed E-state index contributed by atoms with van der Waals surface area (Å²) in [5.74, 6) is 0.162. The monoisotopic (exact) mass is 363 g/mol. The van der Waals surface area contributed by atoms with Crippen molar-refractivity contribution in [1.29, 1.82) is 0 Å². The van der Waals surface area contributed by atoms with Crippen LogP contribution in [0, 0.1) is 5.41 Å². The number of fused-ring (bicyclic) bond motifs is 1. The molecule has 3 N–H and O–H groups in total. The van der Waals surface area contributed by atoms with Crippen LogP contribution in [0.4, 0.5) is 0 Å². The Morgan fingerprint density at radius 2 is 1.89 bits per heavy atom. The number of nitrogens with one attached hydrogen (secondary N) is 2. The normalized spacial score (nSPS) is 18.6. The lowest BCUT2D eigenvalue weighted by atomic mass is 9.73. The number of benzene rings is 1. The molecule has 0 saturated carbocycles. The number of hydrogen-bond donors (Lipinski definition) is 3. The number of phenolic OH excluding ortho intramolecular Hbond substituents is 1. The van der Waals surface area contributed by atoms with Gasteiger partial charge in [0, 0.05) is 31.7 Å². The highest BCUT2D eigenvalue weighted by molar-refractivity contribution is 6.05. The Morgan fingerprint density at radius 1 is 1.15 bits per heavy atom. The van der Waals surface area contributed by atoms with Crippen LogP contribution in [-0.4, -0.2) is 57.3 Å². The van der Waals surface area contributed by atoms with Crippen molar-refractivity contribution in [1.82, 2.24) is 25.4 Å². The van der Waals surface area contributed by atoms with Crippen LogP contribution < -0.4 is 5.32 Å². The summed E-state index contributed by atoms with van der Waals surface area (Å²) >= 11 is 0. The summed E-state index contributed by atoms with van der Waals surface area (Å²) in [6.45, 7) is 3.67. The minimum atomic E-state index is -0.0378. The molecular weight excluding hydrogens is 342 g/mol. The number of likely N-dealkylation sites (tertiary alicyclic amines) is 1. The Hall–Kier alpha value is -2.93. The van der Waals surface area contributed by atoms with E-state index < -0.39 is 0 Å². The van der Waals surface area contributed by atoms with Crippen LogP contribution in [0.3, 0.4) is 0 Å². The predicted molar refractivity (Wildman–Crippen MR) is 101 cm³/mol. The van der Waals surface area contributed by atoms with Gasteiger partial charge in [-0.1, -0.05) is 0 Å². The number of amides is 1. The molecule has 2 aliphatic rings. The van der Waals surface area contributed by atoms with Gasteiger partial charge in [0.25, 0.3) is 5.91 Å². The zero-order chi connectivity index (χ0) is 18.4. The topological polar surface area (TPSA) is 94.1 Å². The number of aromatic nitrogens is 3. The van der Waals surface area contributed by atoms with E-state index in [4.69, 9.17) is 0 Å². The first kappa shape index (κ1) is 16.3. The summed E-state index contributed by atoms with van der Waals surface area (Å²) in [7, 11) is 0. The second kappa shape index (κ2) is 6.06. The molecule has 0 aliphatic carbocycles. The number of carbonyl (C=O) groups excluding carboxylic acids is 1. The molecule has 2 fully saturated rings. The van der Waals surface area contributed by atoms with Crippen molar-refractivity contribution >= 4 is 16.8 Å². The number of hydrogen-bond acceptors (Lipinski definition) is 5. The fourth-order valence-electron chi connectivity index (χ4n) is 4.05. The second-order valence-corrected chi connectivity index (χ2v) is 7.63. The van der Waals surface area contributed by atoms with E-state index in [1.807, 2.05) is 11.0 Å². The summed E-state index contributed by atoms with van der Waals surface area (Å²) in [6, 6.07) is 8.71. The van der Waals surface area contributed by atoms with Crippen molar-refractivity contribution in [2.24, 2.45) is 5.41 Å². The molecular formula is C20H21N5O2. The number of aromatic hydroxyl groups is 1. The number of pyridine rings is 1. The van der Waals surface area contributed by atoms with Gasteiger partial charge in [-0.05, 0) is 48.6 Å². The highest BCUT2D eigenvalue weighted by Crippen LogP contribution is 2.35. The van der Waals surface area contributed by atoms with Gasteiger partial charge in [0.15, 0.2) is 0 Å². The number of phenols is 1. The minimum absolute atomic E-state index is 0.0378. The quantitative estimate of drug-likeness (QED) is 0.649. The van der Waals surface area contributed by atoms with Gasteiger partial charge in [0.1, 0.15) is 11.4 Å². The molecule has 2 saturated heterocycles. The van der Waals surface area contributed by atoms with Crippen molar-refractivity contribution in [3.8, 4) is 17.0 Å². The first-order chi connectivity index (χ1) is 13.1. The summed E-state index contributed by atoms with van der Waals surface area (Å²) in [6.07, 6.45) is 3.74. The average molecular weight is 363 g/mol. The third-order valence-electron chi connectivity index (χ3n) is 5.91. The van der Waals surface area contributed by atoms with Crippen LogP contribution in [-0.2, 0) is 0 Å². The summed E-state index contributed by atoms with van der Waals surface area (Å²) in [5, 5.41) is 20.7. The molecule has 4 heterocycles. The molecule has 0 bridgehead atoms. The maximum absolute atomic E-state index is 13.2. The molecule has 138 valence electrons. The third kappa shape index (κ3) is 2.75. The van der Waals surface area contributed by atoms with Crippen LogP contribution in [0.1, 0.15) is 23.3 Å². The molecule has 5 rings (SSSR count). The largest absolute Gasteiger partial charge is 0.508 e. The van der Waals surface area contributed by atoms with E-state index in [1.165, 1.54) is 0 Å². The first-order valence-electron chi connectivity index (χ1n) is 9.27. The van der Waals surface area contributed by atoms with Crippen molar-refractivity contribution in [2.45, 2.75) is 12.8 Å². The molecule has 0 atom stereocenters. The maximum Gasteiger partial charge on any atom is 0.273 e. The summed E-state index contributed by atoms with van der Waals surface area (Å²) in [5.41, 5.74) is 3.15. The van der Waals surface area contributed by atoms with E-state index in [0.717, 1.165) is 55.5 Å². The van der Waals surface area contributed by atoms with E-state index in [1.54, 1.807) is 30.5 Å². The highest BCUT2D eigenvalue weighted by Gasteiger charge is 2.41. The Bertz CT molecular complexity index is 997. The number of rotatable bonds is 2. The van der Waals surface area contributed by atoms with Crippen molar-refractivity contribution in [2.75, 3.05) is 26.2 Å². The van der Waals surface area contributed by atoms with Gasteiger partial charge < -0.3 is 15.3 Å². The van der Waals surface area contributed by atoms with Gasteiger partial charge >= 0.3 is 0 Å². The lowest BCUT2D eigenvalue weighted by molar-refractivity contribution is 0.0412. The molecule has 1 aromatic carbocycles. The van der Waals surface area contributed by atoms with Crippen LogP contribution in [0.5, 0.6) is 5.75 Å². The fraction of sp³-hybridized carbons (Fsp3) is 0.350. The standard InChI is InChI=1S/C20H21N5O2/c26-14-3-1-13(2-4-14)16-9-17-15(10-22-24-17)18(23-16)19(27)25-7-5-20(6-8-25)11-21-12-20/h1-4,9-10,21,26H,5-8,11-12H2,(H,22,24). The van der Waals surface area contributed by atoms with Crippen LogP contribution in [0.2, 0.25) is 0 Å². The Kier molecular flexibility index (Phi) is 3.65. The van der Waals surface area contributed by atoms with Gasteiger partial charge in [0.2, 0.25) is 0 Å². The van der Waals surface area contributed by atoms with E-state index in [0.29, 0.717) is 16.8 Å². The van der Waals surface area contributed by atoms with Gasteiger partial charge in [-0.15, -0.1) is 0 Å². The highest BCUT2D eigenvalue weighted by atomic mass is 16.3. The number of H-pyrrole nitrogens is 1. The first-order valence-corrected chi connectivity index (χ1v) is 9.27. The van der Waals surface area contributed by atoms with Gasteiger partial charge in [-0.25, -0.2) is 4.98 Å². The van der Waals surface area contributed by atoms with Gasteiger partial charge in [0.05, 0.1) is 22.8 Å². The SMILES string of the molecule is O=C(c1nc(-c2ccc(O)cc2)cc2[nH]ncc12)N1CCC2(CC1)CNC2. The van der Waals surface area contributed by atoms with Gasteiger partial charge in [-0.2, -0.15) is 5.10 Å². The van der Waals surface area contributed by atoms with Gasteiger partial charge in [-0.3, -0.25) is 9.89 Å². The van der Waals surface area contributed by atoms with E-state index in [2.05, 4.69) is 20.5 Å². The molecule has 1 spiro atoms. The minimum Gasteiger partial charge on any atom is -0.508 e. The van der Waals surface area contributed by atoms with Crippen molar-refractivity contribution < 1.29 is 9.90 Å². The molecule has 1 amide bonds. The molecule has 7 nitrogen and oxygen atoms in total. The maximum atomic E-state index is 13.2. The van der Waals surface area contributed by atoms with Crippen molar-refractivity contribution in [3.63, 3.8) is 0 Å². The number of aromatic amines is 1. The molecule has 2 aromatic heterocycles. The Labute approximate surface area is 156 Å². The molecule has 3 aromatic rings. The zero-order valence-corrected chi connectivity index (χ0v) is 14.9. The second-order valence-electron chi connectivity index (χ2n) is 7.63. The molecule has 0 radical (unpaired) electrons. The molecule has 2 aliphatic heterocycles. The fourth-order valence-corrected chi connectivity index (χ4v) is 4.05. The third-order valence-corrected chi connectivity index (χ3v) is 5.91. The predicted octanol–water partition coefficient (Wildman–Crippen LogP) is 2.16. The molecule has 0 unspecified atom stereocenters. The number of carbonyl (C=O) groups is 1. The summed E-state index contributed by atoms with van der Waals surface area (Å²) < 4.78 is 0. The lowest BCUT2D eigenvalue weighted by Gasteiger charge is -2.48. The lowest BCUT2D eigenvalue weighted by Crippen LogP contribution is -2.58. The van der Waals surface area contributed by atoms with Crippen LogP contribution in [0.15, 0.2) is 36.5 Å². The molecule has 27 heavy (non-hydrogen) atoms. The van der Waals surface area contributed by atoms with Crippen molar-refractivity contribution in [3.05, 3.63) is 42.2 Å². The van der Waals surface area contributed by atoms with Crippen LogP contribution >= 0.6 is 0 Å².